The lowest BCUT2D eigenvalue weighted by Gasteiger charge is -2.02. The third-order valence-corrected chi connectivity index (χ3v) is 2.08. The van der Waals surface area contributed by atoms with Gasteiger partial charge in [0.15, 0.2) is 0 Å². The van der Waals surface area contributed by atoms with Crippen molar-refractivity contribution in [3.8, 4) is 0 Å². The van der Waals surface area contributed by atoms with Crippen molar-refractivity contribution in [3.63, 3.8) is 0 Å². The smallest absolute Gasteiger partial charge is 0.0702 e. The summed E-state index contributed by atoms with van der Waals surface area (Å²) in [6.07, 6.45) is 1.80. The van der Waals surface area contributed by atoms with Gasteiger partial charge >= 0.3 is 0 Å². The Labute approximate surface area is 82.1 Å². The van der Waals surface area contributed by atoms with Crippen LogP contribution in [0.4, 0.5) is 0 Å². The zero-order valence-electron chi connectivity index (χ0n) is 7.83. The number of aromatic nitrogens is 1. The molecule has 2 rings (SSSR count). The molecule has 0 saturated heterocycles. The summed E-state index contributed by atoms with van der Waals surface area (Å²) in [4.78, 5) is 4.25. The molecular weight excluding hydrogens is 176 g/mol. The van der Waals surface area contributed by atoms with Crippen LogP contribution in [-0.2, 0) is 6.54 Å². The number of benzene rings is 1. The van der Waals surface area contributed by atoms with Gasteiger partial charge in [0, 0.05) is 18.1 Å². The average Bonchev–Trinajstić information content (AvgIpc) is 2.26. The van der Waals surface area contributed by atoms with Crippen LogP contribution in [0, 0.1) is 0 Å². The fraction of sp³-hybridized carbons (Fsp3) is 0.100. The Kier molecular flexibility index (Phi) is 2.69. The molecule has 0 bridgehead atoms. The Hall–Kier alpha value is -1.49. The van der Waals surface area contributed by atoms with Crippen LogP contribution in [-0.4, -0.2) is 4.98 Å². The minimum Gasteiger partial charge on any atom is -0.266 e. The third-order valence-electron chi connectivity index (χ3n) is 2.08. The first kappa shape index (κ1) is 9.08. The summed E-state index contributed by atoms with van der Waals surface area (Å²) in [7, 11) is 0. The molecule has 2 aromatic rings. The molecular formula is C10H13N4+. The van der Waals surface area contributed by atoms with Crippen molar-refractivity contribution in [2.75, 3.05) is 0 Å². The molecule has 1 aromatic carbocycles. The Bertz CT molecular complexity index is 427. The normalized spacial score (nSPS) is 10.6. The van der Waals surface area contributed by atoms with Gasteiger partial charge in [0.05, 0.1) is 5.52 Å². The summed E-state index contributed by atoms with van der Waals surface area (Å²) in [5, 5.41) is 1.16. The number of quaternary nitrogens is 1. The first-order chi connectivity index (χ1) is 6.90. The van der Waals surface area contributed by atoms with Gasteiger partial charge in [-0.25, -0.2) is 5.43 Å². The molecule has 1 heterocycles. The van der Waals surface area contributed by atoms with Gasteiger partial charge in [-0.1, -0.05) is 12.1 Å². The maximum Gasteiger partial charge on any atom is 0.0702 e. The quantitative estimate of drug-likeness (QED) is 0.595. The predicted molar refractivity (Wildman–Crippen MR) is 54.6 cm³/mol. The standard InChI is InChI=1S/C10H12N4/c11-14-13-7-8-3-4-10-9(6-8)2-1-5-12-10/h1-6,13-14H,7,11H2/p+1. The van der Waals surface area contributed by atoms with Crippen molar-refractivity contribution in [1.82, 2.24) is 15.9 Å². The van der Waals surface area contributed by atoms with Crippen LogP contribution in [0.25, 0.3) is 10.9 Å². The van der Waals surface area contributed by atoms with Gasteiger partial charge < -0.3 is 0 Å². The number of rotatable bonds is 3. The van der Waals surface area contributed by atoms with Gasteiger partial charge in [0.1, 0.15) is 0 Å². The molecule has 0 fully saturated rings. The maximum atomic E-state index is 4.25. The number of nitrogens with zero attached hydrogens (tertiary/aromatic N) is 1. The van der Waals surface area contributed by atoms with E-state index in [1.807, 2.05) is 12.1 Å². The number of hydrogen-bond donors (Lipinski definition) is 3. The lowest BCUT2D eigenvalue weighted by atomic mass is 10.1. The number of fused-ring (bicyclic) bond motifs is 1. The molecule has 0 aliphatic rings. The van der Waals surface area contributed by atoms with E-state index in [-0.39, 0.29) is 0 Å². The molecule has 1 aromatic heterocycles. The molecule has 0 spiro atoms. The molecule has 0 aliphatic heterocycles. The number of hydrogen-bond acceptors (Lipinski definition) is 3. The Morgan fingerprint density at radius 1 is 1.29 bits per heavy atom. The third kappa shape index (κ3) is 1.88. The minimum absolute atomic E-state index is 0.758. The van der Waals surface area contributed by atoms with E-state index < -0.39 is 0 Å². The van der Waals surface area contributed by atoms with Crippen molar-refractivity contribution in [1.29, 1.82) is 0 Å². The first-order valence-corrected chi connectivity index (χ1v) is 4.49. The van der Waals surface area contributed by atoms with Crippen LogP contribution in [0.5, 0.6) is 0 Å². The fourth-order valence-electron chi connectivity index (χ4n) is 1.40. The summed E-state index contributed by atoms with van der Waals surface area (Å²) in [6.45, 7) is 0.758. The molecule has 0 amide bonds. The van der Waals surface area contributed by atoms with Gasteiger partial charge in [-0.05, 0) is 23.8 Å². The highest BCUT2D eigenvalue weighted by molar-refractivity contribution is 5.78. The van der Waals surface area contributed by atoms with Crippen molar-refractivity contribution in [2.45, 2.75) is 6.54 Å². The molecule has 14 heavy (non-hydrogen) atoms. The average molecular weight is 189 g/mol. The monoisotopic (exact) mass is 189 g/mol. The number of hydrazine groups is 1. The van der Waals surface area contributed by atoms with Crippen LogP contribution < -0.4 is 16.8 Å². The number of nitrogens with one attached hydrogen (secondary N) is 2. The molecule has 0 aliphatic carbocycles. The molecule has 4 nitrogen and oxygen atoms in total. The molecule has 5 N–H and O–H groups in total. The fourth-order valence-corrected chi connectivity index (χ4v) is 1.40. The molecule has 0 unspecified atom stereocenters. The lowest BCUT2D eigenvalue weighted by Crippen LogP contribution is -2.70. The molecule has 0 atom stereocenters. The first-order valence-electron chi connectivity index (χ1n) is 4.49. The largest absolute Gasteiger partial charge is 0.266 e. The van der Waals surface area contributed by atoms with E-state index >= 15 is 0 Å². The summed E-state index contributed by atoms with van der Waals surface area (Å²) in [6, 6.07) is 10.2. The van der Waals surface area contributed by atoms with Crippen molar-refractivity contribution >= 4 is 10.9 Å². The highest BCUT2D eigenvalue weighted by Crippen LogP contribution is 2.12. The molecule has 4 heteroatoms. The van der Waals surface area contributed by atoms with Crippen LogP contribution in [0.3, 0.4) is 0 Å². The minimum atomic E-state index is 0.758. The van der Waals surface area contributed by atoms with Gasteiger partial charge in [0.25, 0.3) is 0 Å². The lowest BCUT2D eigenvalue weighted by molar-refractivity contribution is -0.457. The van der Waals surface area contributed by atoms with E-state index in [1.54, 1.807) is 6.20 Å². The van der Waals surface area contributed by atoms with Gasteiger partial charge in [-0.2, -0.15) is 0 Å². The van der Waals surface area contributed by atoms with E-state index in [0.717, 1.165) is 17.4 Å². The van der Waals surface area contributed by atoms with Crippen LogP contribution in [0.1, 0.15) is 5.56 Å². The van der Waals surface area contributed by atoms with Crippen LogP contribution in [0.15, 0.2) is 36.5 Å². The van der Waals surface area contributed by atoms with E-state index in [4.69, 9.17) is 0 Å². The number of pyridine rings is 1. The Morgan fingerprint density at radius 2 is 2.21 bits per heavy atom. The molecule has 72 valence electrons. The van der Waals surface area contributed by atoms with E-state index in [1.165, 1.54) is 5.56 Å². The van der Waals surface area contributed by atoms with Gasteiger partial charge in [-0.15, -0.1) is 5.53 Å². The van der Waals surface area contributed by atoms with Gasteiger partial charge in [-0.3, -0.25) is 10.8 Å². The van der Waals surface area contributed by atoms with Crippen LogP contribution in [0.2, 0.25) is 0 Å². The second-order valence-corrected chi connectivity index (χ2v) is 3.06. The highest BCUT2D eigenvalue weighted by Gasteiger charge is 1.95. The second-order valence-electron chi connectivity index (χ2n) is 3.06. The van der Waals surface area contributed by atoms with Crippen molar-refractivity contribution in [2.24, 2.45) is 0 Å². The van der Waals surface area contributed by atoms with Crippen molar-refractivity contribution < 1.29 is 5.84 Å². The van der Waals surface area contributed by atoms with E-state index in [0.29, 0.717) is 0 Å². The zero-order chi connectivity index (χ0) is 9.80. The molecule has 0 saturated carbocycles. The summed E-state index contributed by atoms with van der Waals surface area (Å²) in [5.41, 5.74) is 7.83. The van der Waals surface area contributed by atoms with Gasteiger partial charge in [0.2, 0.25) is 0 Å². The Balaban J connectivity index is 2.32. The maximum absolute atomic E-state index is 4.25. The van der Waals surface area contributed by atoms with Crippen LogP contribution >= 0.6 is 0 Å². The Morgan fingerprint density at radius 3 is 3.07 bits per heavy atom. The van der Waals surface area contributed by atoms with Crippen molar-refractivity contribution in [3.05, 3.63) is 42.1 Å². The predicted octanol–water partition coefficient (Wildman–Crippen LogP) is -0.0141. The summed E-state index contributed by atoms with van der Waals surface area (Å²) >= 11 is 0. The second kappa shape index (κ2) is 4.15. The van der Waals surface area contributed by atoms with E-state index in [9.17, 15) is 0 Å². The summed E-state index contributed by atoms with van der Waals surface area (Å²) in [5.74, 6) is 3.49. The molecule has 0 radical (unpaired) electrons. The topological polar surface area (TPSA) is 64.6 Å². The zero-order valence-corrected chi connectivity index (χ0v) is 7.83. The van der Waals surface area contributed by atoms with E-state index in [2.05, 4.69) is 40.0 Å². The highest BCUT2D eigenvalue weighted by atomic mass is 15.5. The SMILES string of the molecule is [NH3+]NNCc1ccc2ncccc2c1. The summed E-state index contributed by atoms with van der Waals surface area (Å²) < 4.78 is 0.